The average molecular weight is 363 g/mol. The van der Waals surface area contributed by atoms with Gasteiger partial charge in [-0.25, -0.2) is 4.98 Å². The molecule has 0 aliphatic rings. The van der Waals surface area contributed by atoms with Gasteiger partial charge in [0, 0.05) is 17.7 Å². The number of imidazole rings is 1. The van der Waals surface area contributed by atoms with Crippen molar-refractivity contribution in [2.45, 2.75) is 41.2 Å². The number of anilines is 1. The van der Waals surface area contributed by atoms with Crippen LogP contribution in [0.4, 0.5) is 5.95 Å². The zero-order chi connectivity index (χ0) is 18.8. The molecule has 3 N–H and O–H groups in total. The molecule has 7 heteroatoms. The lowest BCUT2D eigenvalue weighted by Gasteiger charge is -2.18. The number of aromatic nitrogens is 2. The van der Waals surface area contributed by atoms with Gasteiger partial charge in [-0.1, -0.05) is 38.4 Å². The smallest absolute Gasteiger partial charge is 0.259 e. The minimum absolute atomic E-state index is 0.0602. The Kier molecular flexibility index (Phi) is 5.52. The molecule has 1 aromatic carbocycles. The zero-order valence-electron chi connectivity index (χ0n) is 15.1. The molecule has 0 spiro atoms. The molecule has 134 valence electrons. The summed E-state index contributed by atoms with van der Waals surface area (Å²) in [6.45, 7) is 9.59. The topological polar surface area (TPSA) is 86.9 Å². The number of hydrogen-bond acceptors (Lipinski definition) is 3. The molecule has 0 atom stereocenters. The third kappa shape index (κ3) is 4.82. The largest absolute Gasteiger partial charge is 0.352 e. The van der Waals surface area contributed by atoms with E-state index in [0.717, 1.165) is 17.0 Å². The quantitative estimate of drug-likeness (QED) is 0.776. The molecule has 0 saturated carbocycles. The highest BCUT2D eigenvalue weighted by molar-refractivity contribution is 6.34. The second kappa shape index (κ2) is 7.27. The Bertz CT molecular complexity index is 786. The Morgan fingerprint density at radius 1 is 1.24 bits per heavy atom. The van der Waals surface area contributed by atoms with Crippen LogP contribution in [0.5, 0.6) is 0 Å². The van der Waals surface area contributed by atoms with E-state index in [1.807, 2.05) is 34.6 Å². The Balaban J connectivity index is 2.12. The lowest BCUT2D eigenvalue weighted by molar-refractivity contribution is -0.128. The Labute approximate surface area is 152 Å². The number of halogens is 1. The molecule has 25 heavy (non-hydrogen) atoms. The van der Waals surface area contributed by atoms with Crippen molar-refractivity contribution in [2.24, 2.45) is 5.41 Å². The molecule has 2 aromatic rings. The van der Waals surface area contributed by atoms with Crippen LogP contribution in [0.25, 0.3) is 0 Å². The summed E-state index contributed by atoms with van der Waals surface area (Å²) in [5, 5.41) is 5.89. The van der Waals surface area contributed by atoms with E-state index in [1.165, 1.54) is 0 Å². The Morgan fingerprint density at radius 3 is 2.48 bits per heavy atom. The van der Waals surface area contributed by atoms with Crippen LogP contribution in [-0.4, -0.2) is 21.8 Å². The number of nitrogens with zero attached hydrogens (tertiary/aromatic N) is 1. The highest BCUT2D eigenvalue weighted by atomic mass is 35.5. The molecule has 0 unspecified atom stereocenters. The van der Waals surface area contributed by atoms with Crippen molar-refractivity contribution >= 4 is 29.4 Å². The first-order valence-corrected chi connectivity index (χ1v) is 8.37. The summed E-state index contributed by atoms with van der Waals surface area (Å²) in [5.74, 6) is -0.0414. The molecule has 1 aromatic heterocycles. The van der Waals surface area contributed by atoms with Gasteiger partial charge in [0.2, 0.25) is 11.9 Å². The van der Waals surface area contributed by atoms with E-state index in [9.17, 15) is 9.59 Å². The van der Waals surface area contributed by atoms with Crippen LogP contribution in [0.1, 0.15) is 48.1 Å². The minimum Gasteiger partial charge on any atom is -0.352 e. The highest BCUT2D eigenvalue weighted by Gasteiger charge is 2.21. The number of amides is 2. The molecule has 0 bridgehead atoms. The van der Waals surface area contributed by atoms with Crippen molar-refractivity contribution in [3.8, 4) is 0 Å². The fourth-order valence-corrected chi connectivity index (χ4v) is 2.29. The van der Waals surface area contributed by atoms with E-state index < -0.39 is 5.41 Å². The van der Waals surface area contributed by atoms with Crippen LogP contribution < -0.4 is 10.6 Å². The van der Waals surface area contributed by atoms with Crippen LogP contribution in [0.3, 0.4) is 0 Å². The molecule has 1 heterocycles. The zero-order valence-corrected chi connectivity index (χ0v) is 15.8. The van der Waals surface area contributed by atoms with Gasteiger partial charge in [0.25, 0.3) is 5.91 Å². The number of aromatic amines is 1. The van der Waals surface area contributed by atoms with E-state index in [2.05, 4.69) is 20.6 Å². The predicted molar refractivity (Wildman–Crippen MR) is 98.8 cm³/mol. The van der Waals surface area contributed by atoms with E-state index >= 15 is 0 Å². The Morgan fingerprint density at radius 2 is 1.92 bits per heavy atom. The summed E-state index contributed by atoms with van der Waals surface area (Å²) in [6.07, 6.45) is 0. The molecular weight excluding hydrogens is 340 g/mol. The van der Waals surface area contributed by atoms with E-state index in [-0.39, 0.29) is 11.8 Å². The molecule has 0 aliphatic carbocycles. The molecular formula is C18H23ClN4O2. The van der Waals surface area contributed by atoms with Gasteiger partial charge in [0.15, 0.2) is 0 Å². The number of aryl methyl sites for hydroxylation is 2. The number of rotatable bonds is 4. The van der Waals surface area contributed by atoms with Crippen molar-refractivity contribution < 1.29 is 9.59 Å². The minimum atomic E-state index is -0.471. The fraction of sp³-hybridized carbons (Fsp3) is 0.389. The summed E-state index contributed by atoms with van der Waals surface area (Å²) in [4.78, 5) is 31.7. The summed E-state index contributed by atoms with van der Waals surface area (Å²) < 4.78 is 0. The first kappa shape index (κ1) is 19.0. The van der Waals surface area contributed by atoms with Gasteiger partial charge in [-0.15, -0.1) is 0 Å². The van der Waals surface area contributed by atoms with Crippen molar-refractivity contribution in [3.63, 3.8) is 0 Å². The molecule has 6 nitrogen and oxygen atoms in total. The highest BCUT2D eigenvalue weighted by Crippen LogP contribution is 2.20. The maximum Gasteiger partial charge on any atom is 0.259 e. The van der Waals surface area contributed by atoms with Crippen molar-refractivity contribution in [3.05, 3.63) is 45.7 Å². The first-order chi connectivity index (χ1) is 11.6. The number of H-pyrrole nitrogens is 1. The van der Waals surface area contributed by atoms with E-state index in [4.69, 9.17) is 11.6 Å². The second-order valence-electron chi connectivity index (χ2n) is 7.00. The number of nitrogens with one attached hydrogen (secondary N) is 3. The van der Waals surface area contributed by atoms with Gasteiger partial charge in [-0.3, -0.25) is 14.9 Å². The van der Waals surface area contributed by atoms with Gasteiger partial charge in [-0.05, 0) is 31.5 Å². The fourth-order valence-electron chi connectivity index (χ4n) is 2.09. The predicted octanol–water partition coefficient (Wildman–Crippen LogP) is 3.59. The van der Waals surface area contributed by atoms with Crippen LogP contribution in [0.15, 0.2) is 18.2 Å². The lowest BCUT2D eigenvalue weighted by Crippen LogP contribution is -2.34. The molecule has 0 saturated heterocycles. The van der Waals surface area contributed by atoms with Gasteiger partial charge < -0.3 is 10.3 Å². The monoisotopic (exact) mass is 362 g/mol. The normalized spacial score (nSPS) is 11.3. The second-order valence-corrected chi connectivity index (χ2v) is 7.40. The third-order valence-corrected chi connectivity index (χ3v) is 4.10. The van der Waals surface area contributed by atoms with E-state index in [0.29, 0.717) is 23.1 Å². The number of carbonyl (C=O) groups is 2. The van der Waals surface area contributed by atoms with Crippen LogP contribution in [-0.2, 0) is 11.3 Å². The van der Waals surface area contributed by atoms with Crippen LogP contribution in [0, 0.1) is 19.3 Å². The van der Waals surface area contributed by atoms with Gasteiger partial charge in [0.05, 0.1) is 16.3 Å². The van der Waals surface area contributed by atoms with Crippen molar-refractivity contribution in [1.82, 2.24) is 15.3 Å². The van der Waals surface area contributed by atoms with Gasteiger partial charge in [0.1, 0.15) is 0 Å². The summed E-state index contributed by atoms with van der Waals surface area (Å²) in [7, 11) is 0. The number of benzene rings is 1. The van der Waals surface area contributed by atoms with Gasteiger partial charge >= 0.3 is 0 Å². The molecule has 0 radical (unpaired) electrons. The standard InChI is InChI=1S/C18H23ClN4O2/c1-10-11(2)22-17(21-10)23-15(24)13-8-12(6-7-14(13)19)9-20-16(25)18(3,4)5/h6-8H,9H2,1-5H3,(H,20,25)(H2,21,22,23,24). The van der Waals surface area contributed by atoms with Crippen molar-refractivity contribution in [2.75, 3.05) is 5.32 Å². The summed E-state index contributed by atoms with van der Waals surface area (Å²) >= 11 is 6.15. The number of hydrogen-bond donors (Lipinski definition) is 3. The lowest BCUT2D eigenvalue weighted by atomic mass is 9.95. The molecule has 2 amide bonds. The summed E-state index contributed by atoms with van der Waals surface area (Å²) in [6, 6.07) is 5.10. The molecule has 0 aliphatic heterocycles. The average Bonchev–Trinajstić information content (AvgIpc) is 2.82. The molecule has 2 rings (SSSR count). The number of carbonyl (C=O) groups excluding carboxylic acids is 2. The molecule has 0 fully saturated rings. The maximum absolute atomic E-state index is 12.5. The Hall–Kier alpha value is -2.34. The SMILES string of the molecule is Cc1nc(NC(=O)c2cc(CNC(=O)C(C)(C)C)ccc2Cl)[nH]c1C. The first-order valence-electron chi connectivity index (χ1n) is 7.99. The summed E-state index contributed by atoms with van der Waals surface area (Å²) in [5.41, 5.74) is 2.36. The van der Waals surface area contributed by atoms with Crippen molar-refractivity contribution in [1.29, 1.82) is 0 Å². The van der Waals surface area contributed by atoms with Crippen LogP contribution >= 0.6 is 11.6 Å². The maximum atomic E-state index is 12.5. The third-order valence-electron chi connectivity index (χ3n) is 3.77. The van der Waals surface area contributed by atoms with Gasteiger partial charge in [-0.2, -0.15) is 0 Å². The van der Waals surface area contributed by atoms with E-state index in [1.54, 1.807) is 18.2 Å². The van der Waals surface area contributed by atoms with Crippen LogP contribution in [0.2, 0.25) is 5.02 Å².